The number of fused-ring (bicyclic) bond motifs is 2. The molecule has 2 heterocycles. The number of carbonyl (C=O) groups excluding carboxylic acids is 1. The van der Waals surface area contributed by atoms with E-state index in [1.807, 2.05) is 29.7 Å². The third-order valence-corrected chi connectivity index (χ3v) is 6.34. The minimum atomic E-state index is -3.71. The van der Waals surface area contributed by atoms with Gasteiger partial charge in [0, 0.05) is 22.3 Å². The van der Waals surface area contributed by atoms with Crippen LogP contribution in [0.25, 0.3) is 16.5 Å². The highest BCUT2D eigenvalue weighted by atomic mass is 19.3. The Balaban J connectivity index is 1.40. The number of halogens is 2. The van der Waals surface area contributed by atoms with E-state index in [9.17, 15) is 23.8 Å². The zero-order valence-electron chi connectivity index (χ0n) is 18.5. The molecular weight excluding hydrogens is 446 g/mol. The Labute approximate surface area is 194 Å². The first-order valence-electron chi connectivity index (χ1n) is 10.9. The maximum Gasteiger partial charge on any atom is 0.586 e. The van der Waals surface area contributed by atoms with E-state index in [-0.39, 0.29) is 30.6 Å². The van der Waals surface area contributed by atoms with Gasteiger partial charge in [0.2, 0.25) is 5.91 Å². The van der Waals surface area contributed by atoms with Crippen molar-refractivity contribution in [1.82, 2.24) is 4.57 Å². The SMILES string of the molecule is C=C(C)c1cc2cc(NC(=O)C3(c4ccc5c(c4)OC(F)(F)O5)CC3)ccc2n1C[C@@H](O)CO. The highest BCUT2D eigenvalue weighted by molar-refractivity contribution is 6.02. The summed E-state index contributed by atoms with van der Waals surface area (Å²) >= 11 is 0. The van der Waals surface area contributed by atoms with Crippen molar-refractivity contribution >= 4 is 28.1 Å². The Bertz CT molecular complexity index is 1310. The van der Waals surface area contributed by atoms with Crippen LogP contribution in [0.5, 0.6) is 11.5 Å². The fraction of sp³-hybridized carbons (Fsp3) is 0.320. The third kappa shape index (κ3) is 3.80. The molecule has 1 aliphatic carbocycles. The Hall–Kier alpha value is -3.43. The van der Waals surface area contributed by atoms with E-state index in [0.29, 0.717) is 24.1 Å². The fourth-order valence-electron chi connectivity index (χ4n) is 4.44. The van der Waals surface area contributed by atoms with E-state index in [0.717, 1.165) is 22.2 Å². The van der Waals surface area contributed by atoms with E-state index in [1.165, 1.54) is 12.1 Å². The Morgan fingerprint density at radius 3 is 2.59 bits per heavy atom. The van der Waals surface area contributed by atoms with Crippen LogP contribution in [0.3, 0.4) is 0 Å². The second-order valence-corrected chi connectivity index (χ2v) is 8.90. The molecule has 1 saturated carbocycles. The van der Waals surface area contributed by atoms with Crippen LogP contribution in [-0.4, -0.2) is 39.7 Å². The summed E-state index contributed by atoms with van der Waals surface area (Å²) in [5.74, 6) is -0.367. The number of benzene rings is 2. The van der Waals surface area contributed by atoms with E-state index >= 15 is 0 Å². The summed E-state index contributed by atoms with van der Waals surface area (Å²) in [7, 11) is 0. The standard InChI is InChI=1S/C25H24F2N2O5/c1-14(2)20-10-15-9-17(4-5-19(15)29(20)12-18(31)13-30)28-23(32)24(7-8-24)16-3-6-21-22(11-16)34-25(26,27)33-21/h3-6,9-11,18,30-31H,1,7-8,12-13H2,2H3,(H,28,32)/t18-/m1/s1. The predicted molar refractivity (Wildman–Crippen MR) is 122 cm³/mol. The van der Waals surface area contributed by atoms with Gasteiger partial charge in [-0.3, -0.25) is 4.79 Å². The van der Waals surface area contributed by atoms with E-state index < -0.39 is 17.8 Å². The minimum absolute atomic E-state index is 0.0560. The number of hydrogen-bond acceptors (Lipinski definition) is 5. The molecule has 3 aromatic rings. The lowest BCUT2D eigenvalue weighted by atomic mass is 9.94. The number of aliphatic hydroxyl groups is 2. The molecule has 1 aliphatic heterocycles. The van der Waals surface area contributed by atoms with E-state index in [2.05, 4.69) is 21.4 Å². The van der Waals surface area contributed by atoms with E-state index in [1.54, 1.807) is 12.1 Å². The molecule has 2 aromatic carbocycles. The lowest BCUT2D eigenvalue weighted by Crippen LogP contribution is -2.28. The Kier molecular flexibility index (Phi) is 5.14. The number of aromatic nitrogens is 1. The molecule has 178 valence electrons. The lowest BCUT2D eigenvalue weighted by Gasteiger charge is -2.17. The first kappa shape index (κ1) is 22.4. The Morgan fingerprint density at radius 2 is 1.91 bits per heavy atom. The summed E-state index contributed by atoms with van der Waals surface area (Å²) in [5.41, 5.74) is 2.83. The molecule has 0 unspecified atom stereocenters. The van der Waals surface area contributed by atoms with Gasteiger partial charge < -0.3 is 29.6 Å². The molecule has 0 radical (unpaired) electrons. The van der Waals surface area contributed by atoms with Crippen LogP contribution in [0.2, 0.25) is 0 Å². The molecule has 34 heavy (non-hydrogen) atoms. The monoisotopic (exact) mass is 470 g/mol. The van der Waals surface area contributed by atoms with Gasteiger partial charge in [0.15, 0.2) is 11.5 Å². The van der Waals surface area contributed by atoms with Gasteiger partial charge in [-0.2, -0.15) is 0 Å². The smallest absolute Gasteiger partial charge is 0.395 e. The first-order chi connectivity index (χ1) is 16.1. The summed E-state index contributed by atoms with van der Waals surface area (Å²) < 4.78 is 37.6. The molecular formula is C25H24F2N2O5. The summed E-state index contributed by atoms with van der Waals surface area (Å²) in [6, 6.07) is 11.8. The molecule has 0 bridgehead atoms. The molecule has 7 nitrogen and oxygen atoms in total. The summed E-state index contributed by atoms with van der Waals surface area (Å²) in [5, 5.41) is 23.0. The second-order valence-electron chi connectivity index (χ2n) is 8.90. The maximum atomic E-state index is 13.4. The van der Waals surface area contributed by atoms with Gasteiger partial charge in [0.25, 0.3) is 0 Å². The zero-order valence-corrected chi connectivity index (χ0v) is 18.5. The number of allylic oxidation sites excluding steroid dienone is 1. The molecule has 1 amide bonds. The number of nitrogens with zero attached hydrogens (tertiary/aromatic N) is 1. The van der Waals surface area contributed by atoms with Gasteiger partial charge in [0.1, 0.15) is 0 Å². The molecule has 0 saturated heterocycles. The van der Waals surface area contributed by atoms with Crippen LogP contribution in [0.1, 0.15) is 31.0 Å². The average molecular weight is 470 g/mol. The third-order valence-electron chi connectivity index (χ3n) is 6.34. The molecule has 9 heteroatoms. The summed E-state index contributed by atoms with van der Waals surface area (Å²) in [6.45, 7) is 5.70. The normalized spacial score (nSPS) is 18.0. The van der Waals surface area contributed by atoms with Gasteiger partial charge in [-0.15, -0.1) is 8.78 Å². The molecule has 2 aliphatic rings. The predicted octanol–water partition coefficient (Wildman–Crippen LogP) is 4.02. The topological polar surface area (TPSA) is 93.0 Å². The number of rotatable bonds is 7. The fourth-order valence-corrected chi connectivity index (χ4v) is 4.44. The zero-order chi connectivity index (χ0) is 24.3. The minimum Gasteiger partial charge on any atom is -0.395 e. The van der Waals surface area contributed by atoms with Crippen LogP contribution in [0.15, 0.2) is 49.0 Å². The molecule has 1 fully saturated rings. The summed E-state index contributed by atoms with van der Waals surface area (Å²) in [4.78, 5) is 13.2. The number of alkyl halides is 2. The number of amides is 1. The van der Waals surface area contributed by atoms with Crippen molar-refractivity contribution in [3.05, 3.63) is 60.3 Å². The molecule has 1 aromatic heterocycles. The average Bonchev–Trinajstić information content (AvgIpc) is 3.43. The largest absolute Gasteiger partial charge is 0.586 e. The number of carbonyl (C=O) groups is 1. The van der Waals surface area contributed by atoms with Crippen LogP contribution in [-0.2, 0) is 16.8 Å². The number of ether oxygens (including phenoxy) is 2. The van der Waals surface area contributed by atoms with Crippen molar-refractivity contribution in [2.75, 3.05) is 11.9 Å². The van der Waals surface area contributed by atoms with Crippen LogP contribution in [0.4, 0.5) is 14.5 Å². The summed E-state index contributed by atoms with van der Waals surface area (Å²) in [6.07, 6.45) is -3.44. The molecule has 1 atom stereocenters. The molecule has 3 N–H and O–H groups in total. The molecule has 0 spiro atoms. The van der Waals surface area contributed by atoms with Crippen LogP contribution < -0.4 is 14.8 Å². The number of hydrogen-bond donors (Lipinski definition) is 3. The van der Waals surface area contributed by atoms with Gasteiger partial charge in [0.05, 0.1) is 24.7 Å². The maximum absolute atomic E-state index is 13.4. The lowest BCUT2D eigenvalue weighted by molar-refractivity contribution is -0.286. The van der Waals surface area contributed by atoms with Crippen molar-refractivity contribution in [2.24, 2.45) is 0 Å². The highest BCUT2D eigenvalue weighted by Crippen LogP contribution is 2.52. The van der Waals surface area contributed by atoms with Crippen molar-refractivity contribution in [2.45, 2.75) is 44.1 Å². The molecule has 5 rings (SSSR count). The van der Waals surface area contributed by atoms with Gasteiger partial charge in [-0.05, 0) is 67.3 Å². The van der Waals surface area contributed by atoms with Crippen LogP contribution in [0, 0.1) is 0 Å². The first-order valence-corrected chi connectivity index (χ1v) is 10.9. The van der Waals surface area contributed by atoms with Crippen molar-refractivity contribution < 1.29 is 33.3 Å². The quantitative estimate of drug-likeness (QED) is 0.485. The van der Waals surface area contributed by atoms with Crippen molar-refractivity contribution in [1.29, 1.82) is 0 Å². The number of aliphatic hydroxyl groups excluding tert-OH is 2. The van der Waals surface area contributed by atoms with E-state index in [4.69, 9.17) is 0 Å². The van der Waals surface area contributed by atoms with Gasteiger partial charge in [-0.1, -0.05) is 12.6 Å². The Morgan fingerprint density at radius 1 is 1.18 bits per heavy atom. The highest BCUT2D eigenvalue weighted by Gasteiger charge is 2.52. The van der Waals surface area contributed by atoms with Crippen molar-refractivity contribution in [3.8, 4) is 11.5 Å². The number of nitrogens with one attached hydrogen (secondary N) is 1. The number of anilines is 1. The second kappa shape index (κ2) is 7.82. The van der Waals surface area contributed by atoms with Gasteiger partial charge >= 0.3 is 6.29 Å². The van der Waals surface area contributed by atoms with Crippen molar-refractivity contribution in [3.63, 3.8) is 0 Å². The van der Waals surface area contributed by atoms with Crippen LogP contribution >= 0.6 is 0 Å². The van der Waals surface area contributed by atoms with Gasteiger partial charge in [-0.25, -0.2) is 0 Å².